The summed E-state index contributed by atoms with van der Waals surface area (Å²) in [5, 5.41) is 0. The number of ketones is 1. The van der Waals surface area contributed by atoms with Gasteiger partial charge >= 0.3 is 0 Å². The van der Waals surface area contributed by atoms with E-state index < -0.39 is 0 Å². The second-order valence-electron chi connectivity index (χ2n) is 7.47. The van der Waals surface area contributed by atoms with Crippen molar-refractivity contribution in [3.8, 4) is 0 Å². The highest BCUT2D eigenvalue weighted by Crippen LogP contribution is 2.31. The van der Waals surface area contributed by atoms with Gasteiger partial charge in [0.2, 0.25) is 0 Å². The van der Waals surface area contributed by atoms with Gasteiger partial charge in [-0.05, 0) is 29.8 Å². The van der Waals surface area contributed by atoms with Crippen LogP contribution in [-0.2, 0) is 11.3 Å². The average molecular weight is 389 g/mol. The summed E-state index contributed by atoms with van der Waals surface area (Å²) in [6, 6.07) is 10.00. The molecule has 0 unspecified atom stereocenters. The zero-order valence-corrected chi connectivity index (χ0v) is 16.3. The molecule has 1 aromatic heterocycles. The third-order valence-corrected chi connectivity index (χ3v) is 5.52. The van der Waals surface area contributed by atoms with Crippen molar-refractivity contribution in [3.05, 3.63) is 59.4 Å². The summed E-state index contributed by atoms with van der Waals surface area (Å²) in [6.07, 6.45) is 3.53. The normalized spacial score (nSPS) is 18.7. The first-order valence-corrected chi connectivity index (χ1v) is 10.0. The Morgan fingerprint density at radius 1 is 1.14 bits per heavy atom. The number of amidine groups is 2. The highest BCUT2D eigenvalue weighted by atomic mass is 16.5. The number of rotatable bonds is 5. The molecule has 3 aliphatic heterocycles. The van der Waals surface area contributed by atoms with E-state index in [1.165, 1.54) is 5.56 Å². The monoisotopic (exact) mass is 389 g/mol. The summed E-state index contributed by atoms with van der Waals surface area (Å²) >= 11 is 0. The first-order valence-electron chi connectivity index (χ1n) is 10.0. The molecule has 0 bridgehead atoms. The van der Waals surface area contributed by atoms with Gasteiger partial charge < -0.3 is 9.64 Å². The topological polar surface area (TPSA) is 70.4 Å². The fourth-order valence-electron chi connectivity index (χ4n) is 4.01. The van der Waals surface area contributed by atoms with E-state index in [9.17, 15) is 4.79 Å². The zero-order valence-electron chi connectivity index (χ0n) is 16.3. The minimum absolute atomic E-state index is 0.0241. The van der Waals surface area contributed by atoms with Crippen LogP contribution in [0.1, 0.15) is 27.9 Å². The predicted molar refractivity (Wildman–Crippen MR) is 111 cm³/mol. The van der Waals surface area contributed by atoms with Gasteiger partial charge in [-0.2, -0.15) is 0 Å². The zero-order chi connectivity index (χ0) is 19.6. The number of morpholine rings is 1. The number of carbonyl (C=O) groups is 1. The molecule has 1 aromatic carbocycles. The van der Waals surface area contributed by atoms with Gasteiger partial charge in [0.1, 0.15) is 11.7 Å². The molecule has 29 heavy (non-hydrogen) atoms. The molecule has 1 fully saturated rings. The van der Waals surface area contributed by atoms with Gasteiger partial charge in [-0.15, -0.1) is 0 Å². The molecule has 0 N–H and O–H groups in total. The van der Waals surface area contributed by atoms with E-state index in [0.29, 0.717) is 5.56 Å². The number of ether oxygens (including phenoxy) is 1. The lowest BCUT2D eigenvalue weighted by Gasteiger charge is -2.29. The first-order chi connectivity index (χ1) is 14.3. The second kappa shape index (κ2) is 7.85. The molecule has 0 amide bonds. The van der Waals surface area contributed by atoms with Crippen molar-refractivity contribution in [1.29, 1.82) is 0 Å². The molecule has 0 radical (unpaired) electrons. The Bertz CT molecular complexity index is 980. The van der Waals surface area contributed by atoms with Crippen LogP contribution in [0.4, 0.5) is 5.69 Å². The molecule has 2 aromatic rings. The fraction of sp³-hybridized carbons (Fsp3) is 0.364. The summed E-state index contributed by atoms with van der Waals surface area (Å²) in [7, 11) is 0. The van der Waals surface area contributed by atoms with Crippen LogP contribution in [0.25, 0.3) is 0 Å². The third-order valence-electron chi connectivity index (χ3n) is 5.52. The van der Waals surface area contributed by atoms with Gasteiger partial charge in [-0.1, -0.05) is 6.07 Å². The van der Waals surface area contributed by atoms with Crippen LogP contribution >= 0.6 is 0 Å². The molecule has 5 rings (SSSR count). The molecule has 0 aliphatic carbocycles. The minimum atomic E-state index is 0.0241. The van der Waals surface area contributed by atoms with Crippen molar-refractivity contribution >= 4 is 23.1 Å². The van der Waals surface area contributed by atoms with Gasteiger partial charge in [0.15, 0.2) is 5.78 Å². The molecule has 1 saturated heterocycles. The Morgan fingerprint density at radius 2 is 2.03 bits per heavy atom. The Hall–Kier alpha value is -2.90. The Labute approximate surface area is 169 Å². The van der Waals surface area contributed by atoms with Crippen LogP contribution in [0.15, 0.2) is 52.7 Å². The van der Waals surface area contributed by atoms with Crippen LogP contribution in [0.3, 0.4) is 0 Å². The molecule has 4 heterocycles. The van der Waals surface area contributed by atoms with Gasteiger partial charge in [0.05, 0.1) is 31.9 Å². The third kappa shape index (κ3) is 3.71. The van der Waals surface area contributed by atoms with Gasteiger partial charge in [0, 0.05) is 49.7 Å². The van der Waals surface area contributed by atoms with Crippen LogP contribution in [0, 0.1) is 0 Å². The number of benzene rings is 1. The number of pyridine rings is 1. The van der Waals surface area contributed by atoms with Gasteiger partial charge in [-0.3, -0.25) is 19.7 Å². The smallest absolute Gasteiger partial charge is 0.171 e. The average Bonchev–Trinajstić information content (AvgIpc) is 3.25. The van der Waals surface area contributed by atoms with Crippen LogP contribution in [0.2, 0.25) is 0 Å². The second-order valence-corrected chi connectivity index (χ2v) is 7.47. The van der Waals surface area contributed by atoms with Gasteiger partial charge in [0.25, 0.3) is 0 Å². The maximum absolute atomic E-state index is 12.7. The summed E-state index contributed by atoms with van der Waals surface area (Å²) < 4.78 is 5.44. The summed E-state index contributed by atoms with van der Waals surface area (Å²) in [5.74, 6) is 1.73. The number of hydrogen-bond donors (Lipinski definition) is 0. The molecular formula is C22H23N5O2. The quantitative estimate of drug-likeness (QED) is 0.734. The number of carbonyl (C=O) groups excluding carboxylic acids is 1. The fourth-order valence-corrected chi connectivity index (χ4v) is 4.01. The van der Waals surface area contributed by atoms with Gasteiger partial charge in [-0.25, -0.2) is 4.99 Å². The van der Waals surface area contributed by atoms with Crippen molar-refractivity contribution < 1.29 is 9.53 Å². The van der Waals surface area contributed by atoms with Crippen molar-refractivity contribution in [1.82, 2.24) is 14.8 Å². The minimum Gasteiger partial charge on any atom is -0.379 e. The van der Waals surface area contributed by atoms with Crippen molar-refractivity contribution in [2.75, 3.05) is 39.4 Å². The summed E-state index contributed by atoms with van der Waals surface area (Å²) in [4.78, 5) is 30.8. The van der Waals surface area contributed by atoms with E-state index in [0.717, 1.165) is 68.9 Å². The maximum Gasteiger partial charge on any atom is 0.171 e. The molecular weight excluding hydrogens is 366 g/mol. The molecule has 7 heteroatoms. The summed E-state index contributed by atoms with van der Waals surface area (Å²) in [6.45, 7) is 5.85. The highest BCUT2D eigenvalue weighted by molar-refractivity contribution is 6.20. The van der Waals surface area contributed by atoms with Crippen molar-refractivity contribution in [2.45, 2.75) is 13.0 Å². The van der Waals surface area contributed by atoms with Crippen LogP contribution < -0.4 is 0 Å². The predicted octanol–water partition coefficient (Wildman–Crippen LogP) is 2.29. The molecule has 7 nitrogen and oxygen atoms in total. The number of hydrogen-bond acceptors (Lipinski definition) is 7. The Morgan fingerprint density at radius 3 is 2.86 bits per heavy atom. The molecule has 0 atom stereocenters. The van der Waals surface area contributed by atoms with Crippen molar-refractivity contribution in [2.24, 2.45) is 9.98 Å². The van der Waals surface area contributed by atoms with Crippen LogP contribution in [0.5, 0.6) is 0 Å². The number of fused-ring (bicyclic) bond motifs is 3. The number of nitrogens with zero attached hydrogens (tertiary/aromatic N) is 5. The lowest BCUT2D eigenvalue weighted by Crippen LogP contribution is -2.38. The number of aliphatic imine (C=N–C) groups is 2. The van der Waals surface area contributed by atoms with E-state index in [-0.39, 0.29) is 12.2 Å². The van der Waals surface area contributed by atoms with E-state index in [1.54, 1.807) is 24.5 Å². The Balaban J connectivity index is 1.42. The van der Waals surface area contributed by atoms with E-state index in [1.807, 2.05) is 0 Å². The van der Waals surface area contributed by atoms with Crippen molar-refractivity contribution in [3.63, 3.8) is 0 Å². The first kappa shape index (κ1) is 18.1. The van der Waals surface area contributed by atoms with E-state index in [4.69, 9.17) is 9.73 Å². The molecule has 148 valence electrons. The Kier molecular flexibility index (Phi) is 4.91. The number of aromatic nitrogens is 1. The van der Waals surface area contributed by atoms with E-state index in [2.05, 4.69) is 38.0 Å². The highest BCUT2D eigenvalue weighted by Gasteiger charge is 2.30. The van der Waals surface area contributed by atoms with E-state index >= 15 is 0 Å². The lowest BCUT2D eigenvalue weighted by molar-refractivity contribution is 0.0342. The largest absolute Gasteiger partial charge is 0.379 e. The maximum atomic E-state index is 12.7. The molecule has 3 aliphatic rings. The van der Waals surface area contributed by atoms with Crippen LogP contribution in [-0.4, -0.2) is 71.6 Å². The SMILES string of the molecule is O=C(CC1=Nc2cc(CN3CCOCC3)ccc2C2=NCCN12)c1cccnc1. The number of Topliss-reactive ketones (excluding diaryl/α,β-unsaturated/α-hetero) is 1. The standard InChI is InChI=1S/C22H23N5O2/c28-20(17-2-1-5-23-14-17)13-21-25-19-12-16(15-26-8-10-29-11-9-26)3-4-18(19)22-24-6-7-27(21)22/h1-5,12,14H,6-11,13,15H2. The molecule has 0 spiro atoms. The summed E-state index contributed by atoms with van der Waals surface area (Å²) in [5.41, 5.74) is 3.78. The molecule has 0 saturated carbocycles. The lowest BCUT2D eigenvalue weighted by atomic mass is 10.0.